The summed E-state index contributed by atoms with van der Waals surface area (Å²) in [5, 5.41) is 0. The van der Waals surface area contributed by atoms with Crippen molar-refractivity contribution in [2.45, 2.75) is 39.2 Å². The number of rotatable bonds is 1. The molecule has 3 nitrogen and oxygen atoms in total. The lowest BCUT2D eigenvalue weighted by atomic mass is 9.90. The largest absolute Gasteiger partial charge is 0.375 e. The molecule has 1 fully saturated rings. The Balaban J connectivity index is 1.77. The molecule has 2 unspecified atom stereocenters. The average molecular weight is 279 g/mol. The minimum atomic E-state index is 0.160. The van der Waals surface area contributed by atoms with Gasteiger partial charge in [0.25, 0.3) is 5.91 Å². The number of amides is 1. The van der Waals surface area contributed by atoms with Crippen molar-refractivity contribution in [3.05, 3.63) is 21.4 Å². The van der Waals surface area contributed by atoms with Crippen molar-refractivity contribution in [2.24, 2.45) is 5.92 Å². The highest BCUT2D eigenvalue weighted by atomic mass is 32.1. The summed E-state index contributed by atoms with van der Waals surface area (Å²) >= 11 is 1.71. The smallest absolute Gasteiger partial charge is 0.264 e. The van der Waals surface area contributed by atoms with Crippen LogP contribution in [0.15, 0.2) is 6.07 Å². The fourth-order valence-electron chi connectivity index (χ4n) is 2.97. The van der Waals surface area contributed by atoms with Gasteiger partial charge >= 0.3 is 0 Å². The third-order valence-corrected chi connectivity index (χ3v) is 5.29. The van der Waals surface area contributed by atoms with Crippen molar-refractivity contribution >= 4 is 17.2 Å². The standard InChI is InChI=1S/C15H21NO2S/c1-10-3-4-13-12(7-10)8-14(19-13)15(17)16-5-6-18-11(2)9-16/h8,10-11H,3-7,9H2,1-2H3. The number of morpholine rings is 1. The molecule has 19 heavy (non-hydrogen) atoms. The molecule has 0 saturated carbocycles. The Bertz CT molecular complexity index is 482. The van der Waals surface area contributed by atoms with Gasteiger partial charge in [0.05, 0.1) is 17.6 Å². The zero-order valence-corrected chi connectivity index (χ0v) is 12.5. The summed E-state index contributed by atoms with van der Waals surface area (Å²) in [6.07, 6.45) is 3.70. The number of hydrogen-bond acceptors (Lipinski definition) is 3. The molecular formula is C15H21NO2S. The van der Waals surface area contributed by atoms with Gasteiger partial charge in [0, 0.05) is 18.0 Å². The van der Waals surface area contributed by atoms with E-state index in [1.807, 2.05) is 11.8 Å². The number of hydrogen-bond donors (Lipinski definition) is 0. The Hall–Kier alpha value is -0.870. The number of aryl methyl sites for hydroxylation is 1. The Labute approximate surface area is 118 Å². The number of carbonyl (C=O) groups excluding carboxylic acids is 1. The molecule has 2 heterocycles. The number of fused-ring (bicyclic) bond motifs is 1. The minimum absolute atomic E-state index is 0.160. The fraction of sp³-hybridized carbons (Fsp3) is 0.667. The van der Waals surface area contributed by atoms with E-state index in [-0.39, 0.29) is 12.0 Å². The quantitative estimate of drug-likeness (QED) is 0.791. The summed E-state index contributed by atoms with van der Waals surface area (Å²) in [6, 6.07) is 2.14. The zero-order valence-electron chi connectivity index (χ0n) is 11.6. The number of ether oxygens (including phenoxy) is 1. The molecule has 0 radical (unpaired) electrons. The first-order valence-electron chi connectivity index (χ1n) is 7.16. The summed E-state index contributed by atoms with van der Waals surface area (Å²) in [5.74, 6) is 0.954. The summed E-state index contributed by atoms with van der Waals surface area (Å²) in [5.41, 5.74) is 1.41. The second kappa shape index (κ2) is 5.25. The predicted octanol–water partition coefficient (Wildman–Crippen LogP) is 2.73. The van der Waals surface area contributed by atoms with E-state index in [1.165, 1.54) is 16.9 Å². The molecule has 3 rings (SSSR count). The number of thiophene rings is 1. The molecule has 0 N–H and O–H groups in total. The highest BCUT2D eigenvalue weighted by Gasteiger charge is 2.26. The molecule has 1 aliphatic carbocycles. The first kappa shape index (κ1) is 13.1. The molecule has 0 aromatic carbocycles. The van der Waals surface area contributed by atoms with Gasteiger partial charge in [0.1, 0.15) is 0 Å². The summed E-state index contributed by atoms with van der Waals surface area (Å²) < 4.78 is 5.50. The van der Waals surface area contributed by atoms with E-state index in [1.54, 1.807) is 11.3 Å². The first-order chi connectivity index (χ1) is 9.13. The van der Waals surface area contributed by atoms with Crippen LogP contribution in [0.2, 0.25) is 0 Å². The Morgan fingerprint density at radius 1 is 1.47 bits per heavy atom. The van der Waals surface area contributed by atoms with Gasteiger partial charge < -0.3 is 9.64 Å². The van der Waals surface area contributed by atoms with Crippen LogP contribution in [-0.2, 0) is 17.6 Å². The lowest BCUT2D eigenvalue weighted by molar-refractivity contribution is -0.0122. The van der Waals surface area contributed by atoms with Crippen molar-refractivity contribution in [2.75, 3.05) is 19.7 Å². The normalized spacial score (nSPS) is 27.2. The summed E-state index contributed by atoms with van der Waals surface area (Å²) in [4.78, 5) is 16.8. The van der Waals surface area contributed by atoms with E-state index in [9.17, 15) is 4.79 Å². The van der Waals surface area contributed by atoms with Gasteiger partial charge in [0.15, 0.2) is 0 Å². The van der Waals surface area contributed by atoms with E-state index < -0.39 is 0 Å². The van der Waals surface area contributed by atoms with E-state index in [2.05, 4.69) is 13.0 Å². The van der Waals surface area contributed by atoms with Crippen LogP contribution >= 0.6 is 11.3 Å². The van der Waals surface area contributed by atoms with Gasteiger partial charge in [-0.05, 0) is 43.7 Å². The van der Waals surface area contributed by atoms with Gasteiger partial charge in [-0.15, -0.1) is 11.3 Å². The van der Waals surface area contributed by atoms with Crippen LogP contribution in [0.5, 0.6) is 0 Å². The van der Waals surface area contributed by atoms with E-state index in [0.29, 0.717) is 6.61 Å². The fourth-order valence-corrected chi connectivity index (χ4v) is 4.15. The molecule has 4 heteroatoms. The van der Waals surface area contributed by atoms with Crippen LogP contribution in [0.3, 0.4) is 0 Å². The van der Waals surface area contributed by atoms with Crippen LogP contribution in [0, 0.1) is 5.92 Å². The lowest BCUT2D eigenvalue weighted by Gasteiger charge is -2.30. The van der Waals surface area contributed by atoms with Gasteiger partial charge in [-0.1, -0.05) is 6.92 Å². The van der Waals surface area contributed by atoms with Gasteiger partial charge in [-0.2, -0.15) is 0 Å². The number of carbonyl (C=O) groups is 1. The molecule has 1 aliphatic heterocycles. The third-order valence-electron chi connectivity index (χ3n) is 4.07. The highest BCUT2D eigenvalue weighted by molar-refractivity contribution is 7.14. The van der Waals surface area contributed by atoms with Crippen LogP contribution in [0.1, 0.15) is 40.4 Å². The number of nitrogens with zero attached hydrogens (tertiary/aromatic N) is 1. The molecule has 1 aromatic rings. The Morgan fingerprint density at radius 3 is 3.11 bits per heavy atom. The maximum absolute atomic E-state index is 12.5. The van der Waals surface area contributed by atoms with E-state index in [4.69, 9.17) is 4.74 Å². The topological polar surface area (TPSA) is 29.5 Å². The predicted molar refractivity (Wildman–Crippen MR) is 76.8 cm³/mol. The minimum Gasteiger partial charge on any atom is -0.375 e. The summed E-state index contributed by atoms with van der Waals surface area (Å²) in [7, 11) is 0. The maximum atomic E-state index is 12.5. The molecule has 1 amide bonds. The average Bonchev–Trinajstić information content (AvgIpc) is 2.80. The van der Waals surface area contributed by atoms with Crippen molar-refractivity contribution in [3.63, 3.8) is 0 Å². The monoisotopic (exact) mass is 279 g/mol. The van der Waals surface area contributed by atoms with Crippen molar-refractivity contribution in [1.82, 2.24) is 4.90 Å². The van der Waals surface area contributed by atoms with E-state index in [0.717, 1.165) is 36.7 Å². The lowest BCUT2D eigenvalue weighted by Crippen LogP contribution is -2.44. The molecule has 2 aliphatic rings. The zero-order chi connectivity index (χ0) is 13.4. The Kier molecular flexibility index (Phi) is 3.63. The molecule has 104 valence electrons. The van der Waals surface area contributed by atoms with Gasteiger partial charge in [-0.25, -0.2) is 0 Å². The highest BCUT2D eigenvalue weighted by Crippen LogP contribution is 2.32. The maximum Gasteiger partial charge on any atom is 0.264 e. The molecule has 1 saturated heterocycles. The van der Waals surface area contributed by atoms with E-state index >= 15 is 0 Å². The first-order valence-corrected chi connectivity index (χ1v) is 7.97. The molecule has 1 aromatic heterocycles. The molecule has 0 spiro atoms. The molecular weight excluding hydrogens is 258 g/mol. The van der Waals surface area contributed by atoms with Crippen LogP contribution in [0.4, 0.5) is 0 Å². The van der Waals surface area contributed by atoms with Crippen LogP contribution in [0.25, 0.3) is 0 Å². The molecule has 2 atom stereocenters. The third kappa shape index (κ3) is 2.70. The van der Waals surface area contributed by atoms with Crippen molar-refractivity contribution in [1.29, 1.82) is 0 Å². The van der Waals surface area contributed by atoms with Crippen molar-refractivity contribution in [3.8, 4) is 0 Å². The second-order valence-corrected chi connectivity index (χ2v) is 6.98. The Morgan fingerprint density at radius 2 is 2.32 bits per heavy atom. The SMILES string of the molecule is CC1CCc2sc(C(=O)N3CCOC(C)C3)cc2C1. The van der Waals surface area contributed by atoms with Crippen LogP contribution < -0.4 is 0 Å². The van der Waals surface area contributed by atoms with Crippen molar-refractivity contribution < 1.29 is 9.53 Å². The van der Waals surface area contributed by atoms with Gasteiger partial charge in [0.2, 0.25) is 0 Å². The summed E-state index contributed by atoms with van der Waals surface area (Å²) in [6.45, 7) is 6.43. The second-order valence-electron chi connectivity index (χ2n) is 5.84. The van der Waals surface area contributed by atoms with Crippen LogP contribution in [-0.4, -0.2) is 36.6 Å². The van der Waals surface area contributed by atoms with Gasteiger partial charge in [-0.3, -0.25) is 4.79 Å². The molecule has 0 bridgehead atoms.